The van der Waals surface area contributed by atoms with Crippen LogP contribution in [0.2, 0.25) is 0 Å². The first-order valence-electron chi connectivity index (χ1n) is 10.1. The maximum atomic E-state index is 12.5. The van der Waals surface area contributed by atoms with Crippen LogP contribution < -0.4 is 14.8 Å². The van der Waals surface area contributed by atoms with Gasteiger partial charge >= 0.3 is 0 Å². The summed E-state index contributed by atoms with van der Waals surface area (Å²) in [5, 5.41) is 2.85. The Labute approximate surface area is 188 Å². The van der Waals surface area contributed by atoms with Crippen molar-refractivity contribution in [1.29, 1.82) is 0 Å². The van der Waals surface area contributed by atoms with Crippen LogP contribution in [-0.2, 0) is 27.8 Å². The summed E-state index contributed by atoms with van der Waals surface area (Å²) < 4.78 is 38.5. The summed E-state index contributed by atoms with van der Waals surface area (Å²) in [5.74, 6) is 1.67. The molecule has 9 nitrogen and oxygen atoms in total. The molecule has 1 heterocycles. The van der Waals surface area contributed by atoms with E-state index in [2.05, 4.69) is 10.3 Å². The molecule has 0 atom stereocenters. The fourth-order valence-corrected chi connectivity index (χ4v) is 4.36. The fraction of sp³-hybridized carbons (Fsp3) is 0.364. The minimum atomic E-state index is -3.55. The fourth-order valence-electron chi connectivity index (χ4n) is 3.44. The summed E-state index contributed by atoms with van der Waals surface area (Å²) in [6, 6.07) is 10.1. The van der Waals surface area contributed by atoms with Crippen LogP contribution in [0.4, 0.5) is 5.69 Å². The Hall–Kier alpha value is -3.11. The highest BCUT2D eigenvalue weighted by molar-refractivity contribution is 7.89. The number of ether oxygens (including phenoxy) is 2. The average Bonchev–Trinajstić information content (AvgIpc) is 3.14. The first-order chi connectivity index (χ1) is 15.2. The smallest absolute Gasteiger partial charge is 0.242 e. The minimum absolute atomic E-state index is 0.164. The topological polar surface area (TPSA) is 103 Å². The van der Waals surface area contributed by atoms with E-state index in [4.69, 9.17) is 9.47 Å². The lowest BCUT2D eigenvalue weighted by molar-refractivity contribution is -0.116. The third kappa shape index (κ3) is 4.71. The molecule has 0 fully saturated rings. The SMILES string of the molecule is CCn1c(CCC(=O)Nc2ccc(OC)c(OC)c2)nc2cc(S(=O)(=O)N(C)C)ccc21. The van der Waals surface area contributed by atoms with Gasteiger partial charge in [-0.1, -0.05) is 0 Å². The van der Waals surface area contributed by atoms with Crippen LogP contribution in [0.1, 0.15) is 19.2 Å². The maximum absolute atomic E-state index is 12.5. The Morgan fingerprint density at radius 2 is 1.81 bits per heavy atom. The highest BCUT2D eigenvalue weighted by Crippen LogP contribution is 2.30. The predicted octanol–water partition coefficient (Wildman–Crippen LogP) is 2.90. The van der Waals surface area contributed by atoms with Crippen molar-refractivity contribution in [3.63, 3.8) is 0 Å². The molecule has 1 N–H and O–H groups in total. The van der Waals surface area contributed by atoms with Crippen LogP contribution >= 0.6 is 0 Å². The Morgan fingerprint density at radius 3 is 2.44 bits per heavy atom. The van der Waals surface area contributed by atoms with E-state index in [0.29, 0.717) is 35.7 Å². The van der Waals surface area contributed by atoms with Crippen molar-refractivity contribution in [1.82, 2.24) is 13.9 Å². The number of sulfonamides is 1. The lowest BCUT2D eigenvalue weighted by atomic mass is 10.2. The normalized spacial score (nSPS) is 11.7. The number of carbonyl (C=O) groups is 1. The summed E-state index contributed by atoms with van der Waals surface area (Å²) in [4.78, 5) is 17.3. The van der Waals surface area contributed by atoms with Crippen molar-refractivity contribution in [2.45, 2.75) is 31.2 Å². The highest BCUT2D eigenvalue weighted by atomic mass is 32.2. The first-order valence-corrected chi connectivity index (χ1v) is 11.6. The number of aryl methyl sites for hydroxylation is 2. The molecule has 1 amide bonds. The van der Waals surface area contributed by atoms with Gasteiger partial charge in [-0.25, -0.2) is 17.7 Å². The Bertz CT molecular complexity index is 1230. The molecule has 0 unspecified atom stereocenters. The zero-order valence-electron chi connectivity index (χ0n) is 18.9. The molecule has 0 aliphatic heterocycles. The van der Waals surface area contributed by atoms with E-state index in [0.717, 1.165) is 11.3 Å². The quantitative estimate of drug-likeness (QED) is 0.527. The Morgan fingerprint density at radius 1 is 1.09 bits per heavy atom. The predicted molar refractivity (Wildman–Crippen MR) is 123 cm³/mol. The van der Waals surface area contributed by atoms with Crippen molar-refractivity contribution >= 4 is 32.7 Å². The van der Waals surface area contributed by atoms with Crippen LogP contribution in [-0.4, -0.2) is 56.5 Å². The van der Waals surface area contributed by atoms with Crippen molar-refractivity contribution < 1.29 is 22.7 Å². The average molecular weight is 461 g/mol. The van der Waals surface area contributed by atoms with Gasteiger partial charge in [0.25, 0.3) is 0 Å². The van der Waals surface area contributed by atoms with Gasteiger partial charge in [-0.3, -0.25) is 4.79 Å². The van der Waals surface area contributed by atoms with Crippen molar-refractivity contribution in [2.75, 3.05) is 33.6 Å². The summed E-state index contributed by atoms with van der Waals surface area (Å²) in [6.07, 6.45) is 0.637. The van der Waals surface area contributed by atoms with Crippen LogP contribution in [0.25, 0.3) is 11.0 Å². The molecule has 0 radical (unpaired) electrons. The molecule has 2 aromatic carbocycles. The number of imidazole rings is 1. The number of benzene rings is 2. The molecule has 10 heteroatoms. The van der Waals surface area contributed by atoms with E-state index in [-0.39, 0.29) is 17.2 Å². The minimum Gasteiger partial charge on any atom is -0.493 e. The second-order valence-corrected chi connectivity index (χ2v) is 9.48. The van der Waals surface area contributed by atoms with Gasteiger partial charge in [0.05, 0.1) is 30.1 Å². The molecule has 3 rings (SSSR count). The van der Waals surface area contributed by atoms with Gasteiger partial charge in [0, 0.05) is 45.2 Å². The van der Waals surface area contributed by atoms with E-state index >= 15 is 0 Å². The third-order valence-electron chi connectivity index (χ3n) is 5.14. The van der Waals surface area contributed by atoms with Gasteiger partial charge in [0.15, 0.2) is 11.5 Å². The molecular formula is C22H28N4O5S. The lowest BCUT2D eigenvalue weighted by Gasteiger charge is -2.11. The van der Waals surface area contributed by atoms with Crippen molar-refractivity contribution in [3.8, 4) is 11.5 Å². The number of rotatable bonds is 9. The van der Waals surface area contributed by atoms with Crippen molar-refractivity contribution in [2.24, 2.45) is 0 Å². The van der Waals surface area contributed by atoms with Crippen LogP contribution in [0.5, 0.6) is 11.5 Å². The summed E-state index contributed by atoms with van der Waals surface area (Å²) >= 11 is 0. The monoisotopic (exact) mass is 460 g/mol. The maximum Gasteiger partial charge on any atom is 0.242 e. The number of anilines is 1. The number of hydrogen-bond donors (Lipinski definition) is 1. The zero-order valence-corrected chi connectivity index (χ0v) is 19.7. The number of nitrogens with zero attached hydrogens (tertiary/aromatic N) is 3. The molecule has 172 valence electrons. The number of carbonyl (C=O) groups excluding carboxylic acids is 1. The summed E-state index contributed by atoms with van der Waals surface area (Å²) in [5.41, 5.74) is 2.03. The number of methoxy groups -OCH3 is 2. The molecule has 0 aliphatic rings. The third-order valence-corrected chi connectivity index (χ3v) is 6.95. The van der Waals surface area contributed by atoms with E-state index in [1.807, 2.05) is 11.5 Å². The van der Waals surface area contributed by atoms with Crippen LogP contribution in [0.15, 0.2) is 41.3 Å². The number of fused-ring (bicyclic) bond motifs is 1. The summed E-state index contributed by atoms with van der Waals surface area (Å²) in [7, 11) is 2.52. The largest absolute Gasteiger partial charge is 0.493 e. The number of nitrogens with one attached hydrogen (secondary N) is 1. The van der Waals surface area contributed by atoms with Crippen molar-refractivity contribution in [3.05, 3.63) is 42.2 Å². The lowest BCUT2D eigenvalue weighted by Crippen LogP contribution is -2.22. The number of hydrogen-bond acceptors (Lipinski definition) is 6. The molecule has 0 saturated heterocycles. The van der Waals surface area contributed by atoms with E-state index in [1.54, 1.807) is 43.5 Å². The molecule has 0 spiro atoms. The second-order valence-electron chi connectivity index (χ2n) is 7.33. The van der Waals surface area contributed by atoms with Crippen LogP contribution in [0, 0.1) is 0 Å². The molecule has 0 saturated carbocycles. The van der Waals surface area contributed by atoms with Crippen LogP contribution in [0.3, 0.4) is 0 Å². The van der Waals surface area contributed by atoms with Gasteiger partial charge in [0.1, 0.15) is 5.82 Å². The van der Waals surface area contributed by atoms with E-state index < -0.39 is 10.0 Å². The van der Waals surface area contributed by atoms with E-state index in [1.165, 1.54) is 25.5 Å². The van der Waals surface area contributed by atoms with Gasteiger partial charge in [-0.15, -0.1) is 0 Å². The standard InChI is InChI=1S/C22H28N4O5S/c1-6-26-18-9-8-16(32(28,29)25(2)3)14-17(18)24-21(26)11-12-22(27)23-15-7-10-19(30-4)20(13-15)31-5/h7-10,13-14H,6,11-12H2,1-5H3,(H,23,27). The van der Waals surface area contributed by atoms with Gasteiger partial charge in [-0.2, -0.15) is 0 Å². The van der Waals surface area contributed by atoms with Gasteiger partial charge in [0.2, 0.25) is 15.9 Å². The molecule has 1 aromatic heterocycles. The molecule has 32 heavy (non-hydrogen) atoms. The summed E-state index contributed by atoms with van der Waals surface area (Å²) in [6.45, 7) is 2.64. The second kappa shape index (κ2) is 9.58. The Kier molecular flexibility index (Phi) is 7.05. The number of aromatic nitrogens is 2. The Balaban J connectivity index is 1.77. The molecule has 0 bridgehead atoms. The zero-order chi connectivity index (χ0) is 23.5. The van der Waals surface area contributed by atoms with E-state index in [9.17, 15) is 13.2 Å². The van der Waals surface area contributed by atoms with Gasteiger partial charge in [-0.05, 0) is 37.3 Å². The molecule has 3 aromatic rings. The van der Waals surface area contributed by atoms with Gasteiger partial charge < -0.3 is 19.4 Å². The number of amides is 1. The highest BCUT2D eigenvalue weighted by Gasteiger charge is 2.20. The molecule has 0 aliphatic carbocycles. The molecular weight excluding hydrogens is 432 g/mol. The first kappa shape index (κ1) is 23.6.